The lowest BCUT2D eigenvalue weighted by Gasteiger charge is -2.19. The number of alkyl halides is 3. The van der Waals surface area contributed by atoms with Crippen molar-refractivity contribution in [2.45, 2.75) is 12.3 Å². The summed E-state index contributed by atoms with van der Waals surface area (Å²) in [7, 11) is 0. The largest absolute Gasteiger partial charge is 0.444 e. The maximum Gasteiger partial charge on any atom is 0.416 e. The second-order valence-corrected chi connectivity index (χ2v) is 6.36. The average molecular weight is 435 g/mol. The number of hydrogen-bond acceptors (Lipinski definition) is 3. The Kier molecular flexibility index (Phi) is 6.33. The van der Waals surface area contributed by atoms with Crippen LogP contribution in [0.4, 0.5) is 27.6 Å². The highest BCUT2D eigenvalue weighted by molar-refractivity contribution is 5.98. The number of rotatable bonds is 5. The van der Waals surface area contributed by atoms with Crippen molar-refractivity contribution in [1.82, 2.24) is 0 Å². The van der Waals surface area contributed by atoms with E-state index in [1.807, 2.05) is 0 Å². The van der Waals surface area contributed by atoms with Crippen LogP contribution in [0.2, 0.25) is 0 Å². The normalized spacial score (nSPS) is 12.2. The molecule has 0 aliphatic carbocycles. The van der Waals surface area contributed by atoms with Crippen LogP contribution in [0.3, 0.4) is 0 Å². The zero-order valence-corrected chi connectivity index (χ0v) is 15.6. The Balaban J connectivity index is 1.90. The summed E-state index contributed by atoms with van der Waals surface area (Å²) >= 11 is 0. The number of benzene rings is 3. The summed E-state index contributed by atoms with van der Waals surface area (Å²) in [5.74, 6) is -4.82. The van der Waals surface area contributed by atoms with Gasteiger partial charge in [0, 0.05) is 11.3 Å². The third-order valence-corrected chi connectivity index (χ3v) is 4.19. The fraction of sp³-hybridized carbons (Fsp3) is 0.0909. The molecule has 0 saturated heterocycles. The predicted octanol–water partition coefficient (Wildman–Crippen LogP) is 5.52. The fourth-order valence-corrected chi connectivity index (χ4v) is 2.74. The van der Waals surface area contributed by atoms with Crippen LogP contribution in [0.15, 0.2) is 72.8 Å². The van der Waals surface area contributed by atoms with E-state index in [9.17, 15) is 31.5 Å². The van der Waals surface area contributed by atoms with Crippen molar-refractivity contribution in [3.63, 3.8) is 0 Å². The molecule has 0 aliphatic rings. The number of hydrogen-bond donors (Lipinski definition) is 1. The van der Waals surface area contributed by atoms with Gasteiger partial charge in [0.15, 0.2) is 0 Å². The molecule has 0 heterocycles. The number of anilines is 1. The van der Waals surface area contributed by atoms with Crippen LogP contribution in [0, 0.1) is 11.6 Å². The van der Waals surface area contributed by atoms with Crippen molar-refractivity contribution in [3.05, 3.63) is 101 Å². The summed E-state index contributed by atoms with van der Waals surface area (Å²) in [4.78, 5) is 25.1. The van der Waals surface area contributed by atoms with Crippen molar-refractivity contribution in [3.8, 4) is 0 Å². The minimum atomic E-state index is -4.63. The highest BCUT2D eigenvalue weighted by atomic mass is 19.4. The molecule has 3 aromatic carbocycles. The van der Waals surface area contributed by atoms with Gasteiger partial charge in [-0.3, -0.25) is 4.79 Å². The van der Waals surface area contributed by atoms with Crippen LogP contribution in [0.25, 0.3) is 0 Å². The van der Waals surface area contributed by atoms with E-state index in [1.54, 1.807) is 6.07 Å². The van der Waals surface area contributed by atoms with E-state index < -0.39 is 46.9 Å². The Hall–Kier alpha value is -3.75. The lowest BCUT2D eigenvalue weighted by molar-refractivity contribution is -0.137. The number of amides is 1. The third kappa shape index (κ3) is 5.25. The fourth-order valence-electron chi connectivity index (χ4n) is 2.74. The van der Waals surface area contributed by atoms with Crippen molar-refractivity contribution < 1.29 is 36.3 Å². The minimum Gasteiger partial charge on any atom is -0.444 e. The summed E-state index contributed by atoms with van der Waals surface area (Å²) in [6.45, 7) is 0. The molecule has 3 rings (SSSR count). The second kappa shape index (κ2) is 8.95. The summed E-state index contributed by atoms with van der Waals surface area (Å²) in [5, 5.41) is 2.24. The summed E-state index contributed by atoms with van der Waals surface area (Å²) in [5.41, 5.74) is -2.03. The Morgan fingerprint density at radius 2 is 1.45 bits per heavy atom. The molecule has 1 amide bonds. The molecule has 0 saturated carbocycles. The summed E-state index contributed by atoms with van der Waals surface area (Å²) in [6.07, 6.45) is -6.31. The van der Waals surface area contributed by atoms with Gasteiger partial charge in [-0.25, -0.2) is 13.6 Å². The van der Waals surface area contributed by atoms with Gasteiger partial charge in [-0.2, -0.15) is 13.2 Å². The summed E-state index contributed by atoms with van der Waals surface area (Å²) < 4.78 is 71.6. The first-order valence-corrected chi connectivity index (χ1v) is 8.85. The van der Waals surface area contributed by atoms with E-state index in [1.165, 1.54) is 30.3 Å². The van der Waals surface area contributed by atoms with Crippen LogP contribution >= 0.6 is 0 Å². The quantitative estimate of drug-likeness (QED) is 0.424. The molecule has 0 aliphatic heterocycles. The number of nitrogens with one attached hydrogen (secondary N) is 1. The molecule has 31 heavy (non-hydrogen) atoms. The molecule has 0 aromatic heterocycles. The molecular formula is C22H14F5NO3. The van der Waals surface area contributed by atoms with Crippen molar-refractivity contribution in [2.24, 2.45) is 0 Å². The zero-order chi connectivity index (χ0) is 22.6. The molecule has 1 N–H and O–H groups in total. The SMILES string of the molecule is O=C(O[C@H](C(=O)Nc1cccc(C(F)(F)F)c1)c1ccccc1)c1c(F)cccc1F. The predicted molar refractivity (Wildman–Crippen MR) is 101 cm³/mol. The number of carbonyl (C=O) groups is 2. The Morgan fingerprint density at radius 1 is 0.839 bits per heavy atom. The second-order valence-electron chi connectivity index (χ2n) is 6.36. The van der Waals surface area contributed by atoms with Crippen molar-refractivity contribution in [2.75, 3.05) is 5.32 Å². The molecule has 0 radical (unpaired) electrons. The highest BCUT2D eigenvalue weighted by Gasteiger charge is 2.32. The van der Waals surface area contributed by atoms with Gasteiger partial charge in [0.05, 0.1) is 5.56 Å². The number of carbonyl (C=O) groups excluding carboxylic acids is 2. The highest BCUT2D eigenvalue weighted by Crippen LogP contribution is 2.31. The molecule has 1 atom stereocenters. The van der Waals surface area contributed by atoms with Gasteiger partial charge in [-0.1, -0.05) is 42.5 Å². The monoisotopic (exact) mass is 435 g/mol. The van der Waals surface area contributed by atoms with E-state index >= 15 is 0 Å². The van der Waals surface area contributed by atoms with Crippen LogP contribution in [0.1, 0.15) is 27.6 Å². The molecule has 160 valence electrons. The first-order chi connectivity index (χ1) is 14.7. The van der Waals surface area contributed by atoms with Crippen LogP contribution in [0.5, 0.6) is 0 Å². The number of halogens is 5. The van der Waals surface area contributed by atoms with Gasteiger partial charge < -0.3 is 10.1 Å². The van der Waals surface area contributed by atoms with Crippen LogP contribution in [-0.4, -0.2) is 11.9 Å². The van der Waals surface area contributed by atoms with E-state index in [4.69, 9.17) is 4.74 Å². The number of ether oxygens (including phenoxy) is 1. The molecule has 0 fully saturated rings. The lowest BCUT2D eigenvalue weighted by Crippen LogP contribution is -2.26. The molecule has 9 heteroatoms. The van der Waals surface area contributed by atoms with E-state index in [2.05, 4.69) is 5.32 Å². The number of esters is 1. The lowest BCUT2D eigenvalue weighted by atomic mass is 10.1. The van der Waals surface area contributed by atoms with Crippen LogP contribution in [-0.2, 0) is 15.7 Å². The minimum absolute atomic E-state index is 0.150. The molecule has 0 spiro atoms. The molecular weight excluding hydrogens is 421 g/mol. The van der Waals surface area contributed by atoms with E-state index in [-0.39, 0.29) is 11.3 Å². The van der Waals surface area contributed by atoms with Gasteiger partial charge >= 0.3 is 12.1 Å². The summed E-state index contributed by atoms with van der Waals surface area (Å²) in [6, 6.07) is 14.1. The molecule has 3 aromatic rings. The smallest absolute Gasteiger partial charge is 0.416 e. The maximum atomic E-state index is 13.9. The first-order valence-electron chi connectivity index (χ1n) is 8.85. The van der Waals surface area contributed by atoms with Crippen molar-refractivity contribution in [1.29, 1.82) is 0 Å². The van der Waals surface area contributed by atoms with Gasteiger partial charge in [0.25, 0.3) is 5.91 Å². The van der Waals surface area contributed by atoms with E-state index in [0.717, 1.165) is 30.3 Å². The average Bonchev–Trinajstić information content (AvgIpc) is 2.72. The molecule has 0 bridgehead atoms. The van der Waals surface area contributed by atoms with Crippen LogP contribution < -0.4 is 5.32 Å². The Bertz CT molecular complexity index is 1080. The molecule has 4 nitrogen and oxygen atoms in total. The zero-order valence-electron chi connectivity index (χ0n) is 15.6. The third-order valence-electron chi connectivity index (χ3n) is 4.19. The van der Waals surface area contributed by atoms with Gasteiger partial charge in [-0.15, -0.1) is 0 Å². The standard InChI is InChI=1S/C22H14F5NO3/c23-16-10-5-11-17(24)18(16)21(30)31-19(13-6-2-1-3-7-13)20(29)28-15-9-4-8-14(12-15)22(25,26)27/h1-12,19H,(H,28,29)/t19-/m0/s1. The van der Waals surface area contributed by atoms with Crippen molar-refractivity contribution >= 4 is 17.6 Å². The topological polar surface area (TPSA) is 55.4 Å². The first kappa shape index (κ1) is 21.9. The van der Waals surface area contributed by atoms with E-state index in [0.29, 0.717) is 6.07 Å². The Morgan fingerprint density at radius 3 is 2.06 bits per heavy atom. The maximum absolute atomic E-state index is 13.9. The molecule has 0 unspecified atom stereocenters. The van der Waals surface area contributed by atoms with Gasteiger partial charge in [0.1, 0.15) is 17.2 Å². The van der Waals surface area contributed by atoms with Gasteiger partial charge in [-0.05, 0) is 30.3 Å². The van der Waals surface area contributed by atoms with Gasteiger partial charge in [0.2, 0.25) is 6.10 Å². The Labute approximate surface area is 173 Å².